The first-order valence-corrected chi connectivity index (χ1v) is 10.1. The van der Waals surface area contributed by atoms with Crippen molar-refractivity contribution in [3.63, 3.8) is 0 Å². The first-order chi connectivity index (χ1) is 12.8. The van der Waals surface area contributed by atoms with Crippen LogP contribution in [-0.2, 0) is 19.6 Å². The van der Waals surface area contributed by atoms with Gasteiger partial charge in [-0.3, -0.25) is 14.9 Å². The number of hydrogen-bond donors (Lipinski definition) is 1. The van der Waals surface area contributed by atoms with Crippen molar-refractivity contribution in [2.24, 2.45) is 5.73 Å². The molecule has 12 heteroatoms. The zero-order valence-corrected chi connectivity index (χ0v) is 16.8. The summed E-state index contributed by atoms with van der Waals surface area (Å²) in [7, 11) is -4.02. The fraction of sp³-hybridized carbons (Fsp3) is 0.562. The molecule has 0 unspecified atom stereocenters. The fourth-order valence-corrected chi connectivity index (χ4v) is 4.94. The molecule has 1 aromatic rings. The van der Waals surface area contributed by atoms with E-state index in [-0.39, 0.29) is 49.4 Å². The fourth-order valence-electron chi connectivity index (χ4n) is 3.36. The molecule has 0 aliphatic carbocycles. The third-order valence-electron chi connectivity index (χ3n) is 5.02. The predicted octanol–water partition coefficient (Wildman–Crippen LogP) is 0.357. The highest BCUT2D eigenvalue weighted by molar-refractivity contribution is 7.89. The molecule has 2 aliphatic rings. The average molecular weight is 435 g/mol. The van der Waals surface area contributed by atoms with Crippen molar-refractivity contribution in [3.05, 3.63) is 34.4 Å². The Kier molecular flexibility index (Phi) is 6.99. The lowest BCUT2D eigenvalue weighted by Crippen LogP contribution is -2.61. The summed E-state index contributed by atoms with van der Waals surface area (Å²) in [5, 5.41) is 11.1. The normalized spacial score (nSPS) is 20.2. The van der Waals surface area contributed by atoms with Crippen molar-refractivity contribution in [2.75, 3.05) is 39.4 Å². The third-order valence-corrected chi connectivity index (χ3v) is 6.96. The van der Waals surface area contributed by atoms with E-state index >= 15 is 0 Å². The molecule has 156 valence electrons. The zero-order valence-electron chi connectivity index (χ0n) is 15.2. The highest BCUT2D eigenvalue weighted by atomic mass is 35.5. The van der Waals surface area contributed by atoms with Crippen LogP contribution in [0.3, 0.4) is 0 Å². The SMILES string of the molecule is Cl.NC1(C(=O)N2CCN(S(=O)(=O)c3ccccc3[N+](=O)[O-])CC2)CCOCC1. The largest absolute Gasteiger partial charge is 0.381 e. The Morgan fingerprint density at radius 1 is 1.14 bits per heavy atom. The van der Waals surface area contributed by atoms with Crippen molar-refractivity contribution in [3.8, 4) is 0 Å². The Morgan fingerprint density at radius 2 is 1.71 bits per heavy atom. The number of benzene rings is 1. The van der Waals surface area contributed by atoms with Crippen molar-refractivity contribution in [1.29, 1.82) is 0 Å². The van der Waals surface area contributed by atoms with E-state index in [1.165, 1.54) is 22.5 Å². The number of amides is 1. The van der Waals surface area contributed by atoms with Crippen LogP contribution < -0.4 is 5.73 Å². The second-order valence-corrected chi connectivity index (χ2v) is 8.60. The number of ether oxygens (including phenoxy) is 1. The molecule has 10 nitrogen and oxygen atoms in total. The molecule has 28 heavy (non-hydrogen) atoms. The Labute approximate surface area is 169 Å². The summed E-state index contributed by atoms with van der Waals surface area (Å²) in [5.41, 5.74) is 4.79. The van der Waals surface area contributed by atoms with Crippen LogP contribution in [0.5, 0.6) is 0 Å². The molecule has 2 fully saturated rings. The number of nitro groups is 1. The molecular weight excluding hydrogens is 412 g/mol. The number of para-hydroxylation sites is 1. The molecule has 2 saturated heterocycles. The Balaban J connectivity index is 0.00000280. The van der Waals surface area contributed by atoms with Gasteiger partial charge in [0.1, 0.15) is 0 Å². The molecule has 0 bridgehead atoms. The van der Waals surface area contributed by atoms with Gasteiger partial charge in [-0.05, 0) is 18.9 Å². The van der Waals surface area contributed by atoms with E-state index in [4.69, 9.17) is 10.5 Å². The molecule has 1 aromatic carbocycles. The van der Waals surface area contributed by atoms with Gasteiger partial charge in [-0.2, -0.15) is 4.31 Å². The molecule has 3 rings (SSSR count). The lowest BCUT2D eigenvalue weighted by molar-refractivity contribution is -0.387. The van der Waals surface area contributed by atoms with Gasteiger partial charge in [0, 0.05) is 45.5 Å². The Hall–Kier alpha value is -1.79. The summed E-state index contributed by atoms with van der Waals surface area (Å²) in [6, 6.07) is 5.25. The van der Waals surface area contributed by atoms with Gasteiger partial charge in [-0.1, -0.05) is 12.1 Å². The first kappa shape index (κ1) is 22.5. The van der Waals surface area contributed by atoms with Crippen LogP contribution in [0, 0.1) is 10.1 Å². The molecule has 0 spiro atoms. The maximum absolute atomic E-state index is 12.8. The smallest absolute Gasteiger partial charge is 0.289 e. The number of carbonyl (C=O) groups is 1. The molecule has 2 aliphatic heterocycles. The van der Waals surface area contributed by atoms with E-state index < -0.39 is 26.2 Å². The summed E-state index contributed by atoms with van der Waals surface area (Å²) < 4.78 is 32.1. The average Bonchev–Trinajstić information content (AvgIpc) is 2.68. The second kappa shape index (κ2) is 8.70. The van der Waals surface area contributed by atoms with Crippen LogP contribution in [0.15, 0.2) is 29.2 Å². The summed E-state index contributed by atoms with van der Waals surface area (Å²) in [6.45, 7) is 1.36. The molecular formula is C16H23ClN4O6S. The number of carbonyl (C=O) groups excluding carboxylic acids is 1. The Bertz CT molecular complexity index is 835. The summed E-state index contributed by atoms with van der Waals surface area (Å²) in [6.07, 6.45) is 0.862. The molecule has 1 amide bonds. The summed E-state index contributed by atoms with van der Waals surface area (Å²) >= 11 is 0. The van der Waals surface area contributed by atoms with Crippen molar-refractivity contribution in [2.45, 2.75) is 23.3 Å². The van der Waals surface area contributed by atoms with Crippen molar-refractivity contribution < 1.29 is 22.9 Å². The number of halogens is 1. The lowest BCUT2D eigenvalue weighted by Gasteiger charge is -2.40. The van der Waals surface area contributed by atoms with Crippen LogP contribution in [0.2, 0.25) is 0 Å². The minimum atomic E-state index is -4.02. The zero-order chi connectivity index (χ0) is 19.7. The minimum absolute atomic E-state index is 0. The molecule has 2 N–H and O–H groups in total. The maximum Gasteiger partial charge on any atom is 0.289 e. The standard InChI is InChI=1S/C16H22N4O6S.ClH/c17-16(5-11-26-12-6-16)15(21)18-7-9-19(10-8-18)27(24,25)14-4-2-1-3-13(14)20(22)23;/h1-4H,5-12,17H2;1H. The Morgan fingerprint density at radius 3 is 2.29 bits per heavy atom. The van der Waals surface area contributed by atoms with Crippen LogP contribution in [0.1, 0.15) is 12.8 Å². The van der Waals surface area contributed by atoms with Gasteiger partial charge in [-0.25, -0.2) is 8.42 Å². The summed E-state index contributed by atoms with van der Waals surface area (Å²) in [4.78, 5) is 24.4. The summed E-state index contributed by atoms with van der Waals surface area (Å²) in [5.74, 6) is -0.200. The van der Waals surface area contributed by atoms with E-state index in [2.05, 4.69) is 0 Å². The highest BCUT2D eigenvalue weighted by Crippen LogP contribution is 2.28. The van der Waals surface area contributed by atoms with Crippen LogP contribution >= 0.6 is 12.4 Å². The first-order valence-electron chi connectivity index (χ1n) is 8.65. The van der Waals surface area contributed by atoms with Crippen molar-refractivity contribution in [1.82, 2.24) is 9.21 Å². The van der Waals surface area contributed by atoms with Gasteiger partial charge in [-0.15, -0.1) is 12.4 Å². The van der Waals surface area contributed by atoms with Gasteiger partial charge in [0.25, 0.3) is 5.69 Å². The van der Waals surface area contributed by atoms with Gasteiger partial charge in [0.15, 0.2) is 4.90 Å². The van der Waals surface area contributed by atoms with E-state index in [9.17, 15) is 23.3 Å². The van der Waals surface area contributed by atoms with E-state index in [1.807, 2.05) is 0 Å². The number of sulfonamides is 1. The second-order valence-electron chi connectivity index (χ2n) is 6.69. The lowest BCUT2D eigenvalue weighted by atomic mass is 9.89. The molecule has 0 aromatic heterocycles. The predicted molar refractivity (Wildman–Crippen MR) is 103 cm³/mol. The molecule has 2 heterocycles. The molecule has 0 radical (unpaired) electrons. The van der Waals surface area contributed by atoms with Gasteiger partial charge in [0.05, 0.1) is 10.5 Å². The van der Waals surface area contributed by atoms with E-state index in [0.29, 0.717) is 26.1 Å². The number of nitrogens with zero attached hydrogens (tertiary/aromatic N) is 3. The minimum Gasteiger partial charge on any atom is -0.381 e. The monoisotopic (exact) mass is 434 g/mol. The number of hydrogen-bond acceptors (Lipinski definition) is 7. The van der Waals surface area contributed by atoms with E-state index in [1.54, 1.807) is 4.90 Å². The van der Waals surface area contributed by atoms with Gasteiger partial charge < -0.3 is 15.4 Å². The van der Waals surface area contributed by atoms with Crippen LogP contribution in [-0.4, -0.2) is 73.4 Å². The molecule has 0 atom stereocenters. The van der Waals surface area contributed by atoms with Crippen LogP contribution in [0.25, 0.3) is 0 Å². The number of piperazine rings is 1. The van der Waals surface area contributed by atoms with Crippen LogP contribution in [0.4, 0.5) is 5.69 Å². The van der Waals surface area contributed by atoms with Crippen molar-refractivity contribution >= 4 is 34.0 Å². The maximum atomic E-state index is 12.8. The topological polar surface area (TPSA) is 136 Å². The van der Waals surface area contributed by atoms with E-state index in [0.717, 1.165) is 6.07 Å². The van der Waals surface area contributed by atoms with Gasteiger partial charge >= 0.3 is 0 Å². The highest BCUT2D eigenvalue weighted by Gasteiger charge is 2.41. The van der Waals surface area contributed by atoms with Gasteiger partial charge in [0.2, 0.25) is 15.9 Å². The number of nitro benzene ring substituents is 1. The third kappa shape index (κ3) is 4.28. The quantitative estimate of drug-likeness (QED) is 0.533. The number of rotatable bonds is 4. The number of nitrogens with two attached hydrogens (primary N) is 1. The molecule has 0 saturated carbocycles.